The van der Waals surface area contributed by atoms with Crippen molar-refractivity contribution in [3.63, 3.8) is 0 Å². The summed E-state index contributed by atoms with van der Waals surface area (Å²) in [6.07, 6.45) is 78.8. The maximum absolute atomic E-state index is 13.0. The zero-order valence-corrected chi connectivity index (χ0v) is 50.9. The molecule has 0 saturated carbocycles. The highest BCUT2D eigenvalue weighted by Gasteiger charge is 2.27. The van der Waals surface area contributed by atoms with Crippen molar-refractivity contribution in [2.75, 3.05) is 40.9 Å². The van der Waals surface area contributed by atoms with Crippen LogP contribution in [-0.2, 0) is 18.4 Å². The molecule has 0 aliphatic rings. The predicted octanol–water partition coefficient (Wildman–Crippen LogP) is 19.8. The van der Waals surface area contributed by atoms with Crippen molar-refractivity contribution < 1.29 is 32.9 Å². The first-order chi connectivity index (χ1) is 36.5. The predicted molar refractivity (Wildman–Crippen MR) is 327 cm³/mol. The van der Waals surface area contributed by atoms with Gasteiger partial charge in [0.1, 0.15) is 13.2 Å². The van der Waals surface area contributed by atoms with E-state index in [-0.39, 0.29) is 19.1 Å². The summed E-state index contributed by atoms with van der Waals surface area (Å²) in [4.78, 5) is 23.4. The lowest BCUT2D eigenvalue weighted by molar-refractivity contribution is -0.870. The number of carbonyl (C=O) groups excluding carboxylic acids is 1. The Morgan fingerprint density at radius 1 is 0.453 bits per heavy atom. The third kappa shape index (κ3) is 59.4. The maximum Gasteiger partial charge on any atom is 0.472 e. The molecule has 0 aromatic rings. The molecule has 0 spiro atoms. The number of likely N-dealkylation sites (N-methyl/N-ethyl adjacent to an activating group) is 1. The van der Waals surface area contributed by atoms with Crippen LogP contribution in [0, 0.1) is 0 Å². The molecule has 75 heavy (non-hydrogen) atoms. The minimum absolute atomic E-state index is 0.0502. The first-order valence-electron chi connectivity index (χ1n) is 31.8. The number of rotatable bonds is 58. The number of aliphatic hydroxyl groups excluding tert-OH is 1. The van der Waals surface area contributed by atoms with E-state index in [1.807, 2.05) is 27.2 Å². The van der Waals surface area contributed by atoms with Crippen LogP contribution in [0.3, 0.4) is 0 Å². The molecule has 0 fully saturated rings. The van der Waals surface area contributed by atoms with Crippen molar-refractivity contribution in [3.8, 4) is 0 Å². The van der Waals surface area contributed by atoms with Crippen LogP contribution in [-0.4, -0.2) is 73.4 Å². The molecule has 0 radical (unpaired) electrons. The lowest BCUT2D eigenvalue weighted by Crippen LogP contribution is -2.45. The smallest absolute Gasteiger partial charge is 0.387 e. The number of hydrogen-bond acceptors (Lipinski definition) is 5. The van der Waals surface area contributed by atoms with Gasteiger partial charge in [-0.05, 0) is 83.5 Å². The van der Waals surface area contributed by atoms with Crippen molar-refractivity contribution in [2.45, 2.75) is 302 Å². The molecule has 0 aliphatic carbocycles. The molecule has 0 aromatic heterocycles. The second-order valence-corrected chi connectivity index (χ2v) is 24.2. The molecule has 0 aliphatic heterocycles. The molecule has 8 nitrogen and oxygen atoms in total. The van der Waals surface area contributed by atoms with Crippen molar-refractivity contribution >= 4 is 13.7 Å². The van der Waals surface area contributed by atoms with E-state index >= 15 is 0 Å². The van der Waals surface area contributed by atoms with Crippen molar-refractivity contribution in [2.24, 2.45) is 0 Å². The van der Waals surface area contributed by atoms with Crippen LogP contribution < -0.4 is 5.32 Å². The van der Waals surface area contributed by atoms with Crippen LogP contribution in [0.25, 0.3) is 0 Å². The number of quaternary nitrogens is 1. The van der Waals surface area contributed by atoms with Crippen LogP contribution >= 0.6 is 7.82 Å². The normalized spacial score (nSPS) is 14.3. The molecule has 3 atom stereocenters. The van der Waals surface area contributed by atoms with E-state index in [1.54, 1.807) is 6.08 Å². The summed E-state index contributed by atoms with van der Waals surface area (Å²) in [7, 11) is 1.54. The van der Waals surface area contributed by atoms with Crippen molar-refractivity contribution in [1.82, 2.24) is 5.32 Å². The standard InChI is InChI=1S/C66H123N2O6P/c1-6-8-10-12-14-16-18-20-22-24-26-28-30-32-33-34-36-37-39-41-43-45-47-49-51-53-55-57-59-65(69)64(63-74-75(71,72)73-62-61-68(3,4)5)67-66(70)60-58-56-54-52-50-48-46-44-42-40-38-35-31-29-27-25-23-21-19-17-15-13-11-9-7-2/h19,21,25,27,31,35,41,43,49,51,57,59,64-65,69H,6-18,20,22-24,26,28-30,32-34,36-40,42,44-48,50,52-56,58,60-63H2,1-5H3,(H-,67,70,71,72)/p+1/b21-19-,27-25-,35-31-,43-41+,51-49+,59-57+. The van der Waals surface area contributed by atoms with Crippen LogP contribution in [0.1, 0.15) is 290 Å². The monoisotopic (exact) mass is 1070 g/mol. The van der Waals surface area contributed by atoms with Crippen LogP contribution in [0.5, 0.6) is 0 Å². The molecular formula is C66H124N2O6P+. The number of aliphatic hydroxyl groups is 1. The largest absolute Gasteiger partial charge is 0.472 e. The highest BCUT2D eigenvalue weighted by Crippen LogP contribution is 2.43. The number of phosphoric acid groups is 1. The number of unbranched alkanes of at least 4 members (excludes halogenated alkanes) is 35. The third-order valence-corrected chi connectivity index (χ3v) is 15.1. The van der Waals surface area contributed by atoms with Gasteiger partial charge < -0.3 is 19.8 Å². The highest BCUT2D eigenvalue weighted by molar-refractivity contribution is 7.47. The van der Waals surface area contributed by atoms with E-state index in [9.17, 15) is 19.4 Å². The van der Waals surface area contributed by atoms with Gasteiger partial charge in [0, 0.05) is 6.42 Å². The van der Waals surface area contributed by atoms with E-state index in [0.717, 1.165) is 57.8 Å². The van der Waals surface area contributed by atoms with Gasteiger partial charge >= 0.3 is 7.82 Å². The molecular weight excluding hydrogens is 948 g/mol. The van der Waals surface area contributed by atoms with E-state index in [4.69, 9.17) is 9.05 Å². The molecule has 3 unspecified atom stereocenters. The van der Waals surface area contributed by atoms with Gasteiger partial charge in [0.15, 0.2) is 0 Å². The first-order valence-corrected chi connectivity index (χ1v) is 33.3. The Bertz CT molecular complexity index is 1450. The fourth-order valence-electron chi connectivity index (χ4n) is 9.14. The molecule has 0 saturated heterocycles. The van der Waals surface area contributed by atoms with Crippen molar-refractivity contribution in [3.05, 3.63) is 72.9 Å². The summed E-state index contributed by atoms with van der Waals surface area (Å²) < 4.78 is 23.7. The minimum atomic E-state index is -4.37. The average Bonchev–Trinajstić information content (AvgIpc) is 3.37. The quantitative estimate of drug-likeness (QED) is 0.0243. The molecule has 0 rings (SSSR count). The van der Waals surface area contributed by atoms with Gasteiger partial charge in [0.2, 0.25) is 5.91 Å². The topological polar surface area (TPSA) is 105 Å². The second kappa shape index (κ2) is 56.7. The zero-order valence-electron chi connectivity index (χ0n) is 50.0. The number of amides is 1. The fraction of sp³-hybridized carbons (Fsp3) is 0.803. The van der Waals surface area contributed by atoms with Gasteiger partial charge in [-0.2, -0.15) is 0 Å². The van der Waals surface area contributed by atoms with E-state index in [1.165, 1.54) is 212 Å². The van der Waals surface area contributed by atoms with E-state index in [2.05, 4.69) is 79.9 Å². The van der Waals surface area contributed by atoms with Crippen LogP contribution in [0.4, 0.5) is 0 Å². The van der Waals surface area contributed by atoms with Gasteiger partial charge in [0.05, 0.1) is 39.9 Å². The maximum atomic E-state index is 13.0. The molecule has 1 amide bonds. The van der Waals surface area contributed by atoms with Crippen LogP contribution in [0.15, 0.2) is 72.9 Å². The first kappa shape index (κ1) is 72.9. The van der Waals surface area contributed by atoms with Gasteiger partial charge in [-0.25, -0.2) is 4.57 Å². The Kier molecular flexibility index (Phi) is 55.1. The SMILES string of the molecule is CCCCCCC/C=C\C/C=C\C/C=C\CCCCCCCCCCCCC(=O)NC(COP(=O)(O)OCC[N+](C)(C)C)C(O)/C=C/CC/C=C/CC/C=C/CCCCCCCCCCCCCCCCCCCC. The van der Waals surface area contributed by atoms with E-state index < -0.39 is 20.0 Å². The third-order valence-electron chi connectivity index (χ3n) is 14.1. The Balaban J connectivity index is 4.24. The summed E-state index contributed by atoms with van der Waals surface area (Å²) in [5.41, 5.74) is 0. The molecule has 9 heteroatoms. The summed E-state index contributed by atoms with van der Waals surface area (Å²) >= 11 is 0. The van der Waals surface area contributed by atoms with Crippen LogP contribution in [0.2, 0.25) is 0 Å². The number of carbonyl (C=O) groups is 1. The summed E-state index contributed by atoms with van der Waals surface area (Å²) in [5, 5.41) is 13.9. The lowest BCUT2D eigenvalue weighted by Gasteiger charge is -2.25. The Hall–Kier alpha value is -2.06. The Morgan fingerprint density at radius 3 is 1.16 bits per heavy atom. The zero-order chi connectivity index (χ0) is 54.9. The van der Waals surface area contributed by atoms with Gasteiger partial charge in [-0.3, -0.25) is 13.8 Å². The molecule has 0 heterocycles. The second-order valence-electron chi connectivity index (χ2n) is 22.8. The van der Waals surface area contributed by atoms with Gasteiger partial charge in [-0.1, -0.05) is 273 Å². The average molecular weight is 1070 g/mol. The minimum Gasteiger partial charge on any atom is -0.387 e. The van der Waals surface area contributed by atoms with Gasteiger partial charge in [-0.15, -0.1) is 0 Å². The molecule has 0 bridgehead atoms. The number of allylic oxidation sites excluding steroid dienone is 11. The summed E-state index contributed by atoms with van der Waals surface area (Å²) in [5.74, 6) is -0.194. The number of hydrogen-bond donors (Lipinski definition) is 3. The molecule has 438 valence electrons. The number of nitrogens with zero attached hydrogens (tertiary/aromatic N) is 1. The number of phosphoric ester groups is 1. The lowest BCUT2D eigenvalue weighted by atomic mass is 10.0. The molecule has 3 N–H and O–H groups in total. The summed E-state index contributed by atoms with van der Waals surface area (Å²) in [6.45, 7) is 4.80. The van der Waals surface area contributed by atoms with Gasteiger partial charge in [0.25, 0.3) is 0 Å². The Morgan fingerprint density at radius 2 is 0.773 bits per heavy atom. The van der Waals surface area contributed by atoms with Crippen molar-refractivity contribution in [1.29, 1.82) is 0 Å². The Labute approximate surface area is 465 Å². The number of nitrogens with one attached hydrogen (secondary N) is 1. The summed E-state index contributed by atoms with van der Waals surface area (Å²) in [6, 6.07) is -0.877. The fourth-order valence-corrected chi connectivity index (χ4v) is 9.88. The molecule has 0 aromatic carbocycles. The highest BCUT2D eigenvalue weighted by atomic mass is 31.2. The van der Waals surface area contributed by atoms with E-state index in [0.29, 0.717) is 17.4 Å².